The molecule has 1 heterocycles. The Balaban J connectivity index is 1.98. The molecule has 0 atom stereocenters. The lowest BCUT2D eigenvalue weighted by Crippen LogP contribution is -1.99. The van der Waals surface area contributed by atoms with Crippen molar-refractivity contribution in [3.63, 3.8) is 0 Å². The predicted octanol–water partition coefficient (Wildman–Crippen LogP) is 2.60. The molecule has 0 aliphatic rings. The second-order valence-electron chi connectivity index (χ2n) is 3.20. The fourth-order valence-corrected chi connectivity index (χ4v) is 1.27. The molecule has 3 nitrogen and oxygen atoms in total. The SMILES string of the molecule is Cc1cccc(NCc2cocn2)c1. The van der Waals surface area contributed by atoms with Gasteiger partial charge in [0, 0.05) is 5.69 Å². The van der Waals surface area contributed by atoms with Gasteiger partial charge in [-0.3, -0.25) is 0 Å². The van der Waals surface area contributed by atoms with E-state index in [0.717, 1.165) is 11.4 Å². The van der Waals surface area contributed by atoms with Crippen molar-refractivity contribution in [2.45, 2.75) is 13.5 Å². The molecule has 1 aromatic carbocycles. The van der Waals surface area contributed by atoms with E-state index in [0.29, 0.717) is 6.54 Å². The second-order valence-corrected chi connectivity index (χ2v) is 3.20. The maximum absolute atomic E-state index is 4.88. The van der Waals surface area contributed by atoms with Gasteiger partial charge in [-0.25, -0.2) is 4.98 Å². The van der Waals surface area contributed by atoms with Crippen molar-refractivity contribution < 1.29 is 4.42 Å². The molecule has 0 aliphatic carbocycles. The first-order chi connectivity index (χ1) is 6.84. The molecule has 0 saturated heterocycles. The first-order valence-electron chi connectivity index (χ1n) is 4.52. The Bertz CT molecular complexity index is 395. The number of hydrogen-bond acceptors (Lipinski definition) is 3. The number of hydrogen-bond donors (Lipinski definition) is 1. The third kappa shape index (κ3) is 2.13. The Kier molecular flexibility index (Phi) is 2.49. The van der Waals surface area contributed by atoms with E-state index in [1.54, 1.807) is 6.26 Å². The topological polar surface area (TPSA) is 38.1 Å². The minimum absolute atomic E-state index is 0.694. The molecule has 0 saturated carbocycles. The summed E-state index contributed by atoms with van der Waals surface area (Å²) < 4.78 is 4.88. The first kappa shape index (κ1) is 8.81. The van der Waals surface area contributed by atoms with Crippen molar-refractivity contribution in [3.8, 4) is 0 Å². The summed E-state index contributed by atoms with van der Waals surface area (Å²) in [6, 6.07) is 8.23. The number of benzene rings is 1. The molecule has 14 heavy (non-hydrogen) atoms. The van der Waals surface area contributed by atoms with Crippen LogP contribution in [0, 0.1) is 6.92 Å². The predicted molar refractivity (Wildman–Crippen MR) is 55.0 cm³/mol. The maximum atomic E-state index is 4.88. The average molecular weight is 188 g/mol. The second kappa shape index (κ2) is 3.96. The quantitative estimate of drug-likeness (QED) is 0.804. The molecule has 72 valence electrons. The van der Waals surface area contributed by atoms with Gasteiger partial charge in [-0.15, -0.1) is 0 Å². The zero-order chi connectivity index (χ0) is 9.80. The standard InChI is InChI=1S/C11H12N2O/c1-9-3-2-4-10(5-9)12-6-11-7-14-8-13-11/h2-5,7-8,12H,6H2,1H3. The monoisotopic (exact) mass is 188 g/mol. The summed E-state index contributed by atoms with van der Waals surface area (Å²) in [5, 5.41) is 3.27. The first-order valence-corrected chi connectivity index (χ1v) is 4.52. The van der Waals surface area contributed by atoms with Gasteiger partial charge in [0.1, 0.15) is 6.26 Å². The normalized spacial score (nSPS) is 10.1. The number of nitrogens with zero attached hydrogens (tertiary/aromatic N) is 1. The summed E-state index contributed by atoms with van der Waals surface area (Å²) in [6.07, 6.45) is 3.08. The Labute approximate surface area is 82.8 Å². The zero-order valence-electron chi connectivity index (χ0n) is 8.03. The van der Waals surface area contributed by atoms with Gasteiger partial charge in [0.05, 0.1) is 12.2 Å². The summed E-state index contributed by atoms with van der Waals surface area (Å²) in [7, 11) is 0. The molecular weight excluding hydrogens is 176 g/mol. The summed E-state index contributed by atoms with van der Waals surface area (Å²) in [5.41, 5.74) is 3.26. The Morgan fingerprint density at radius 1 is 1.43 bits per heavy atom. The molecule has 1 aromatic heterocycles. The van der Waals surface area contributed by atoms with Gasteiger partial charge in [0.15, 0.2) is 6.39 Å². The molecular formula is C11H12N2O. The van der Waals surface area contributed by atoms with Crippen LogP contribution >= 0.6 is 0 Å². The molecule has 0 unspecified atom stereocenters. The van der Waals surface area contributed by atoms with Gasteiger partial charge in [0.25, 0.3) is 0 Å². The van der Waals surface area contributed by atoms with E-state index < -0.39 is 0 Å². The number of aromatic nitrogens is 1. The van der Waals surface area contributed by atoms with Gasteiger partial charge in [-0.2, -0.15) is 0 Å². The van der Waals surface area contributed by atoms with E-state index in [1.165, 1.54) is 12.0 Å². The van der Waals surface area contributed by atoms with Crippen LogP contribution in [0.1, 0.15) is 11.3 Å². The fraction of sp³-hybridized carbons (Fsp3) is 0.182. The minimum atomic E-state index is 0.694. The van der Waals surface area contributed by atoms with Crippen LogP contribution in [0.25, 0.3) is 0 Å². The number of oxazole rings is 1. The van der Waals surface area contributed by atoms with Crippen molar-refractivity contribution in [1.82, 2.24) is 4.98 Å². The minimum Gasteiger partial charge on any atom is -0.451 e. The highest BCUT2D eigenvalue weighted by Crippen LogP contribution is 2.10. The van der Waals surface area contributed by atoms with Gasteiger partial charge in [0.2, 0.25) is 0 Å². The maximum Gasteiger partial charge on any atom is 0.180 e. The van der Waals surface area contributed by atoms with Crippen LogP contribution in [-0.2, 0) is 6.54 Å². The van der Waals surface area contributed by atoms with Crippen LogP contribution in [0.5, 0.6) is 0 Å². The molecule has 3 heteroatoms. The van der Waals surface area contributed by atoms with Crippen molar-refractivity contribution in [1.29, 1.82) is 0 Å². The van der Waals surface area contributed by atoms with E-state index >= 15 is 0 Å². The Morgan fingerprint density at radius 3 is 3.07 bits per heavy atom. The summed E-state index contributed by atoms with van der Waals surface area (Å²) >= 11 is 0. The highest BCUT2D eigenvalue weighted by molar-refractivity contribution is 5.45. The van der Waals surface area contributed by atoms with E-state index in [9.17, 15) is 0 Å². The van der Waals surface area contributed by atoms with Crippen molar-refractivity contribution in [2.24, 2.45) is 0 Å². The van der Waals surface area contributed by atoms with Crippen LogP contribution in [-0.4, -0.2) is 4.98 Å². The van der Waals surface area contributed by atoms with E-state index in [4.69, 9.17) is 4.42 Å². The number of rotatable bonds is 3. The molecule has 2 aromatic rings. The molecule has 0 fully saturated rings. The Morgan fingerprint density at radius 2 is 2.36 bits per heavy atom. The molecule has 0 radical (unpaired) electrons. The molecule has 1 N–H and O–H groups in total. The summed E-state index contributed by atoms with van der Waals surface area (Å²) in [4.78, 5) is 4.02. The lowest BCUT2D eigenvalue weighted by atomic mass is 10.2. The number of aryl methyl sites for hydroxylation is 1. The van der Waals surface area contributed by atoms with Gasteiger partial charge < -0.3 is 9.73 Å². The van der Waals surface area contributed by atoms with E-state index in [2.05, 4.69) is 29.4 Å². The van der Waals surface area contributed by atoms with E-state index in [1.807, 2.05) is 12.1 Å². The highest BCUT2D eigenvalue weighted by atomic mass is 16.3. The van der Waals surface area contributed by atoms with Crippen LogP contribution in [0.4, 0.5) is 5.69 Å². The van der Waals surface area contributed by atoms with Gasteiger partial charge in [-0.1, -0.05) is 12.1 Å². The van der Waals surface area contributed by atoms with Gasteiger partial charge >= 0.3 is 0 Å². The third-order valence-electron chi connectivity index (χ3n) is 1.98. The van der Waals surface area contributed by atoms with Crippen molar-refractivity contribution >= 4 is 5.69 Å². The largest absolute Gasteiger partial charge is 0.451 e. The molecule has 0 bridgehead atoms. The average Bonchev–Trinajstić information content (AvgIpc) is 2.67. The molecule has 0 spiro atoms. The lowest BCUT2D eigenvalue weighted by Gasteiger charge is -2.04. The third-order valence-corrected chi connectivity index (χ3v) is 1.98. The lowest BCUT2D eigenvalue weighted by molar-refractivity contribution is 0.556. The Hall–Kier alpha value is -1.77. The number of anilines is 1. The number of nitrogens with one attached hydrogen (secondary N) is 1. The highest BCUT2D eigenvalue weighted by Gasteiger charge is 1.96. The smallest absolute Gasteiger partial charge is 0.180 e. The molecule has 0 aliphatic heterocycles. The van der Waals surface area contributed by atoms with Crippen LogP contribution < -0.4 is 5.32 Å². The summed E-state index contributed by atoms with van der Waals surface area (Å²) in [5.74, 6) is 0. The van der Waals surface area contributed by atoms with Gasteiger partial charge in [-0.05, 0) is 24.6 Å². The van der Waals surface area contributed by atoms with Crippen LogP contribution in [0.2, 0.25) is 0 Å². The molecule has 2 rings (SSSR count). The fourth-order valence-electron chi connectivity index (χ4n) is 1.27. The van der Waals surface area contributed by atoms with Crippen molar-refractivity contribution in [3.05, 3.63) is 48.2 Å². The van der Waals surface area contributed by atoms with Crippen LogP contribution in [0.15, 0.2) is 41.3 Å². The zero-order valence-corrected chi connectivity index (χ0v) is 8.03. The van der Waals surface area contributed by atoms with E-state index in [-0.39, 0.29) is 0 Å². The summed E-state index contributed by atoms with van der Waals surface area (Å²) in [6.45, 7) is 2.77. The van der Waals surface area contributed by atoms with Crippen molar-refractivity contribution in [2.75, 3.05) is 5.32 Å². The van der Waals surface area contributed by atoms with Crippen LogP contribution in [0.3, 0.4) is 0 Å². The molecule has 0 amide bonds.